The maximum atomic E-state index is 8.88. The van der Waals surface area contributed by atoms with Gasteiger partial charge < -0.3 is 20.2 Å². The molecule has 0 rings (SSSR count). The van der Waals surface area contributed by atoms with Crippen molar-refractivity contribution in [3.05, 3.63) is 0 Å². The monoisotopic (exact) mass is 315 g/mol. The Labute approximate surface area is 130 Å². The molecule has 0 aliphatic rings. The molecule has 0 spiro atoms. The summed E-state index contributed by atoms with van der Waals surface area (Å²) in [5.74, 6) is 0. The fraction of sp³-hybridized carbons (Fsp3) is 0. The maximum absolute atomic E-state index is 8.88. The van der Waals surface area contributed by atoms with E-state index in [4.69, 9.17) is 19.2 Å². The summed E-state index contributed by atoms with van der Waals surface area (Å²) in [5.41, 5.74) is 0. The molecule has 11 heavy (non-hydrogen) atoms. The molecule has 0 saturated heterocycles. The van der Waals surface area contributed by atoms with Crippen molar-refractivity contribution in [2.45, 2.75) is 0 Å². The van der Waals surface area contributed by atoms with Crippen LogP contribution < -0.4 is 0 Å². The SMILES string of the molecule is F.O.O=P(O)(O)O.[CaH2].[Fe].[MgH2].[Mn]. The van der Waals surface area contributed by atoms with Gasteiger partial charge in [0.1, 0.15) is 0 Å². The fourth-order valence-electron chi connectivity index (χ4n) is 0. The predicted molar refractivity (Wildman–Crippen MR) is 37.5 cm³/mol. The van der Waals surface area contributed by atoms with Crippen molar-refractivity contribution in [1.29, 1.82) is 0 Å². The molecule has 5 nitrogen and oxygen atoms in total. The van der Waals surface area contributed by atoms with Gasteiger partial charge >= 0.3 is 68.6 Å². The van der Waals surface area contributed by atoms with Crippen LogP contribution in [-0.2, 0) is 38.7 Å². The molecule has 5 N–H and O–H groups in total. The molecule has 0 amide bonds. The quantitative estimate of drug-likeness (QED) is 0.319. The molecule has 1 radical (unpaired) electrons. The van der Waals surface area contributed by atoms with Crippen LogP contribution in [-0.4, -0.2) is 80.9 Å². The predicted octanol–water partition coefficient (Wildman–Crippen LogP) is -3.44. The van der Waals surface area contributed by atoms with Crippen molar-refractivity contribution in [3.8, 4) is 0 Å². The van der Waals surface area contributed by atoms with Crippen LogP contribution in [0.4, 0.5) is 4.70 Å². The number of rotatable bonds is 0. The van der Waals surface area contributed by atoms with E-state index >= 15 is 0 Å². The van der Waals surface area contributed by atoms with Gasteiger partial charge in [-0.1, -0.05) is 0 Å². The molecule has 0 bridgehead atoms. The minimum absolute atomic E-state index is 0. The summed E-state index contributed by atoms with van der Waals surface area (Å²) in [6.07, 6.45) is 0. The average molecular weight is 315 g/mol. The third kappa shape index (κ3) is 170. The summed E-state index contributed by atoms with van der Waals surface area (Å²) in [5, 5.41) is 0. The molecule has 0 aliphatic carbocycles. The molecular formula is H10CaFFeMgMnO5P. The summed E-state index contributed by atoms with van der Waals surface area (Å²) in [4.78, 5) is 21.6. The summed E-state index contributed by atoms with van der Waals surface area (Å²) in [7, 11) is -4.64. The second-order valence-electron chi connectivity index (χ2n) is 0.513. The molecule has 11 heteroatoms. The van der Waals surface area contributed by atoms with Crippen molar-refractivity contribution in [2.75, 3.05) is 0 Å². The molecule has 0 saturated carbocycles. The second kappa shape index (κ2) is 23.1. The van der Waals surface area contributed by atoms with Crippen LogP contribution in [0.1, 0.15) is 0 Å². The Bertz CT molecular complexity index is 72.6. The van der Waals surface area contributed by atoms with Crippen LogP contribution in [0.2, 0.25) is 0 Å². The Morgan fingerprint density at radius 3 is 1.09 bits per heavy atom. The minimum Gasteiger partial charge on any atom is 0 e. The van der Waals surface area contributed by atoms with Gasteiger partial charge in [-0.25, -0.2) is 4.57 Å². The number of hydrogen-bond donors (Lipinski definition) is 3. The molecule has 0 atom stereocenters. The van der Waals surface area contributed by atoms with Gasteiger partial charge in [0.15, 0.2) is 0 Å². The molecular weight excluding hydrogens is 305 g/mol. The van der Waals surface area contributed by atoms with E-state index in [0.717, 1.165) is 0 Å². The van der Waals surface area contributed by atoms with Crippen molar-refractivity contribution < 1.29 is 63.6 Å². The van der Waals surface area contributed by atoms with E-state index in [0.29, 0.717) is 0 Å². The summed E-state index contributed by atoms with van der Waals surface area (Å²) >= 11 is 0. The second-order valence-corrected chi connectivity index (χ2v) is 1.54. The first-order chi connectivity index (χ1) is 2.00. The Hall–Kier alpha value is 3.06. The van der Waals surface area contributed by atoms with Gasteiger partial charge in [-0.15, -0.1) is 0 Å². The Morgan fingerprint density at radius 1 is 1.09 bits per heavy atom. The number of halogens is 1. The third-order valence-corrected chi connectivity index (χ3v) is 0. The molecule has 0 aliphatic heterocycles. The first-order valence-corrected chi connectivity index (χ1v) is 2.35. The van der Waals surface area contributed by atoms with Gasteiger partial charge in [-0.2, -0.15) is 0 Å². The van der Waals surface area contributed by atoms with Gasteiger partial charge in [-0.05, 0) is 0 Å². The fourth-order valence-corrected chi connectivity index (χ4v) is 0. The summed E-state index contributed by atoms with van der Waals surface area (Å²) < 4.78 is 8.88. The van der Waals surface area contributed by atoms with Crippen molar-refractivity contribution in [3.63, 3.8) is 0 Å². The van der Waals surface area contributed by atoms with E-state index in [1.54, 1.807) is 0 Å². The molecule has 0 fully saturated rings. The van der Waals surface area contributed by atoms with E-state index in [2.05, 4.69) is 0 Å². The normalized spacial score (nSPS) is 5.36. The van der Waals surface area contributed by atoms with Gasteiger partial charge in [0.2, 0.25) is 0 Å². The van der Waals surface area contributed by atoms with Crippen LogP contribution in [0, 0.1) is 0 Å². The molecule has 71 valence electrons. The van der Waals surface area contributed by atoms with Gasteiger partial charge in [-0.3, -0.25) is 4.70 Å². The Morgan fingerprint density at radius 2 is 1.09 bits per heavy atom. The molecule has 0 aromatic rings. The smallest absolute Gasteiger partial charge is 0 e. The van der Waals surface area contributed by atoms with Crippen LogP contribution in [0.3, 0.4) is 0 Å². The van der Waals surface area contributed by atoms with Crippen LogP contribution in [0.25, 0.3) is 0 Å². The van der Waals surface area contributed by atoms with Gasteiger partial charge in [0.05, 0.1) is 0 Å². The number of hydrogen-bond acceptors (Lipinski definition) is 1. The average Bonchev–Trinajstić information content (AvgIpc) is 0.722. The molecule has 0 aromatic heterocycles. The van der Waals surface area contributed by atoms with E-state index in [-0.39, 0.29) is 105 Å². The molecule has 0 unspecified atom stereocenters. The topological polar surface area (TPSA) is 109 Å². The zero-order valence-corrected chi connectivity index (χ0v) is 7.02. The molecule has 0 heterocycles. The zero-order chi connectivity index (χ0) is 4.50. The van der Waals surface area contributed by atoms with Gasteiger partial charge in [0.25, 0.3) is 0 Å². The minimum atomic E-state index is -4.64. The maximum Gasteiger partial charge on any atom is 0.316 e. The van der Waals surface area contributed by atoms with Crippen molar-refractivity contribution >= 4 is 68.6 Å². The van der Waals surface area contributed by atoms with E-state index in [1.807, 2.05) is 0 Å². The van der Waals surface area contributed by atoms with E-state index in [9.17, 15) is 0 Å². The Kier molecular flexibility index (Phi) is 101. The van der Waals surface area contributed by atoms with Gasteiger partial charge in [0, 0.05) is 34.1 Å². The van der Waals surface area contributed by atoms with Crippen molar-refractivity contribution in [2.24, 2.45) is 0 Å². The zero-order valence-electron chi connectivity index (χ0n) is 3.84. The van der Waals surface area contributed by atoms with E-state index < -0.39 is 7.82 Å². The molecule has 0 aromatic carbocycles. The first kappa shape index (κ1) is 48.1. The summed E-state index contributed by atoms with van der Waals surface area (Å²) in [6, 6.07) is 0. The van der Waals surface area contributed by atoms with Crippen LogP contribution >= 0.6 is 7.82 Å². The standard InChI is InChI=1S/Ca.FH.Fe.Mg.Mn.H3O4P.H2O.4H/c;;;;;1-5(2,3)4;;;;;/h;1H;;;;(H3,1,2,3,4);1H2;;;;. The van der Waals surface area contributed by atoms with E-state index in [1.165, 1.54) is 0 Å². The third-order valence-electron chi connectivity index (χ3n) is 0. The largest absolute Gasteiger partial charge is 0.316 e. The van der Waals surface area contributed by atoms with Crippen LogP contribution in [0.5, 0.6) is 0 Å². The first-order valence-electron chi connectivity index (χ1n) is 0.783. The summed E-state index contributed by atoms with van der Waals surface area (Å²) in [6.45, 7) is 0. The Balaban J connectivity index is -0.00000000533. The van der Waals surface area contributed by atoms with Crippen LogP contribution in [0.15, 0.2) is 0 Å². The van der Waals surface area contributed by atoms with Crippen molar-refractivity contribution in [1.82, 2.24) is 0 Å². The number of phosphoric acid groups is 1.